The monoisotopic (exact) mass is 187 g/mol. The second kappa shape index (κ2) is 5.04. The molecule has 0 unspecified atom stereocenters. The molecule has 1 rings (SSSR count). The Labute approximate surface area is 78.1 Å². The Morgan fingerprint density at radius 1 is 1.38 bits per heavy atom. The van der Waals surface area contributed by atoms with Crippen LogP contribution in [0.25, 0.3) is 0 Å². The molecule has 1 heterocycles. The smallest absolute Gasteiger partial charge is 0.334 e. The average Bonchev–Trinajstić information content (AvgIpc) is 2.13. The summed E-state index contributed by atoms with van der Waals surface area (Å²) in [6, 6.07) is -0.0933. The molecule has 1 saturated heterocycles. The van der Waals surface area contributed by atoms with Crippen LogP contribution in [0.3, 0.4) is 0 Å². The van der Waals surface area contributed by atoms with Gasteiger partial charge < -0.3 is 10.0 Å². The summed E-state index contributed by atoms with van der Waals surface area (Å²) < 4.78 is 0. The Balaban J connectivity index is 2.27. The van der Waals surface area contributed by atoms with Crippen LogP contribution in [0.1, 0.15) is 19.3 Å². The van der Waals surface area contributed by atoms with Crippen molar-refractivity contribution in [1.29, 1.82) is 0 Å². The number of aliphatic hydroxyl groups is 1. The Bertz CT molecular complexity index is 175. The molecule has 76 valence electrons. The van der Waals surface area contributed by atoms with Gasteiger partial charge in [0, 0.05) is 26.2 Å². The van der Waals surface area contributed by atoms with Crippen LogP contribution in [-0.2, 0) is 0 Å². The van der Waals surface area contributed by atoms with Gasteiger partial charge >= 0.3 is 6.03 Å². The summed E-state index contributed by atoms with van der Waals surface area (Å²) in [6.07, 6.45) is 2.52. The predicted octanol–water partition coefficient (Wildman–Crippen LogP) is -0.240. The molecule has 1 fully saturated rings. The van der Waals surface area contributed by atoms with E-state index in [1.807, 2.05) is 0 Å². The zero-order chi connectivity index (χ0) is 9.68. The molecule has 3 N–H and O–H groups in total. The molecule has 1 aliphatic heterocycles. The quantitative estimate of drug-likeness (QED) is 0.362. The second-order valence-corrected chi connectivity index (χ2v) is 3.25. The van der Waals surface area contributed by atoms with Crippen LogP contribution in [0.2, 0.25) is 0 Å². The highest BCUT2D eigenvalue weighted by atomic mass is 16.3. The van der Waals surface area contributed by atoms with Crippen LogP contribution in [0, 0.1) is 0 Å². The average molecular weight is 187 g/mol. The minimum absolute atomic E-state index is 0.0933. The normalized spacial score (nSPS) is 18.2. The number of nitrogens with two attached hydrogens (primary N) is 1. The molecule has 5 heteroatoms. The SMILES string of the molecule is NN1CCCN(CCCCO)C1=O. The summed E-state index contributed by atoms with van der Waals surface area (Å²) in [6.45, 7) is 2.33. The van der Waals surface area contributed by atoms with Crippen LogP contribution < -0.4 is 5.84 Å². The molecule has 0 spiro atoms. The number of hydrazine groups is 1. The van der Waals surface area contributed by atoms with E-state index < -0.39 is 0 Å². The number of aliphatic hydroxyl groups excluding tert-OH is 1. The Hall–Kier alpha value is -0.810. The maximum atomic E-state index is 11.4. The van der Waals surface area contributed by atoms with Gasteiger partial charge in [0.2, 0.25) is 0 Å². The van der Waals surface area contributed by atoms with E-state index in [4.69, 9.17) is 10.9 Å². The van der Waals surface area contributed by atoms with E-state index in [1.165, 1.54) is 5.01 Å². The molecule has 0 atom stereocenters. The van der Waals surface area contributed by atoms with Gasteiger partial charge in [-0.1, -0.05) is 0 Å². The van der Waals surface area contributed by atoms with E-state index in [-0.39, 0.29) is 12.6 Å². The van der Waals surface area contributed by atoms with Gasteiger partial charge in [-0.3, -0.25) is 5.01 Å². The van der Waals surface area contributed by atoms with Crippen LogP contribution >= 0.6 is 0 Å². The first-order valence-electron chi connectivity index (χ1n) is 4.67. The van der Waals surface area contributed by atoms with Crippen LogP contribution in [0.4, 0.5) is 4.79 Å². The lowest BCUT2D eigenvalue weighted by molar-refractivity contribution is 0.128. The van der Waals surface area contributed by atoms with Gasteiger partial charge in [0.05, 0.1) is 0 Å². The van der Waals surface area contributed by atoms with Gasteiger partial charge in [-0.15, -0.1) is 0 Å². The first-order chi connectivity index (χ1) is 6.25. The van der Waals surface area contributed by atoms with E-state index >= 15 is 0 Å². The maximum absolute atomic E-state index is 11.4. The van der Waals surface area contributed by atoms with Crippen molar-refractivity contribution >= 4 is 6.03 Å². The van der Waals surface area contributed by atoms with E-state index in [2.05, 4.69) is 0 Å². The van der Waals surface area contributed by atoms with Crippen molar-refractivity contribution in [1.82, 2.24) is 9.91 Å². The van der Waals surface area contributed by atoms with Gasteiger partial charge in [0.25, 0.3) is 0 Å². The molecule has 2 amide bonds. The number of urea groups is 1. The third kappa shape index (κ3) is 2.86. The highest BCUT2D eigenvalue weighted by Crippen LogP contribution is 2.06. The van der Waals surface area contributed by atoms with E-state index in [0.717, 1.165) is 25.8 Å². The minimum atomic E-state index is -0.0933. The topological polar surface area (TPSA) is 69.8 Å². The number of carbonyl (C=O) groups is 1. The minimum Gasteiger partial charge on any atom is -0.396 e. The summed E-state index contributed by atoms with van der Waals surface area (Å²) in [5.74, 6) is 5.47. The van der Waals surface area contributed by atoms with Crippen molar-refractivity contribution in [2.24, 2.45) is 5.84 Å². The van der Waals surface area contributed by atoms with Crippen LogP contribution in [0.15, 0.2) is 0 Å². The fourth-order valence-corrected chi connectivity index (χ4v) is 1.43. The van der Waals surface area contributed by atoms with Gasteiger partial charge in [0.15, 0.2) is 0 Å². The first-order valence-corrected chi connectivity index (χ1v) is 4.67. The number of hydrogen-bond donors (Lipinski definition) is 2. The molecule has 0 saturated carbocycles. The zero-order valence-electron chi connectivity index (χ0n) is 7.78. The molecule has 5 nitrogen and oxygen atoms in total. The molecule has 0 bridgehead atoms. The highest BCUT2D eigenvalue weighted by Gasteiger charge is 2.22. The summed E-state index contributed by atoms with van der Waals surface area (Å²) in [5.41, 5.74) is 0. The fraction of sp³-hybridized carbons (Fsp3) is 0.875. The summed E-state index contributed by atoms with van der Waals surface area (Å²) >= 11 is 0. The molecular formula is C8H17N3O2. The van der Waals surface area contributed by atoms with Gasteiger partial charge in [0.1, 0.15) is 0 Å². The number of nitrogens with zero attached hydrogens (tertiary/aromatic N) is 2. The Kier molecular flexibility index (Phi) is 3.98. The van der Waals surface area contributed by atoms with Crippen LogP contribution in [0.5, 0.6) is 0 Å². The lowest BCUT2D eigenvalue weighted by atomic mass is 10.2. The number of rotatable bonds is 4. The molecule has 13 heavy (non-hydrogen) atoms. The molecule has 0 aromatic rings. The molecule has 0 aliphatic carbocycles. The molecular weight excluding hydrogens is 170 g/mol. The van der Waals surface area contributed by atoms with Crippen molar-refractivity contribution in [3.8, 4) is 0 Å². The van der Waals surface area contributed by atoms with E-state index in [0.29, 0.717) is 13.1 Å². The molecule has 1 aliphatic rings. The molecule has 0 radical (unpaired) electrons. The first kappa shape index (κ1) is 10.3. The second-order valence-electron chi connectivity index (χ2n) is 3.25. The summed E-state index contributed by atoms with van der Waals surface area (Å²) in [4.78, 5) is 13.1. The van der Waals surface area contributed by atoms with Crippen molar-refractivity contribution < 1.29 is 9.90 Å². The Morgan fingerprint density at radius 3 is 2.85 bits per heavy atom. The maximum Gasteiger partial charge on any atom is 0.334 e. The van der Waals surface area contributed by atoms with Crippen molar-refractivity contribution in [2.75, 3.05) is 26.2 Å². The number of unbranched alkanes of at least 4 members (excludes halogenated alkanes) is 1. The zero-order valence-corrected chi connectivity index (χ0v) is 7.78. The molecule has 0 aromatic carbocycles. The van der Waals surface area contributed by atoms with Crippen molar-refractivity contribution in [2.45, 2.75) is 19.3 Å². The van der Waals surface area contributed by atoms with Gasteiger partial charge in [-0.25, -0.2) is 10.6 Å². The van der Waals surface area contributed by atoms with Gasteiger partial charge in [-0.2, -0.15) is 0 Å². The summed E-state index contributed by atoms with van der Waals surface area (Å²) in [7, 11) is 0. The van der Waals surface area contributed by atoms with Crippen molar-refractivity contribution in [3.05, 3.63) is 0 Å². The predicted molar refractivity (Wildman–Crippen MR) is 48.8 cm³/mol. The van der Waals surface area contributed by atoms with E-state index in [9.17, 15) is 4.79 Å². The summed E-state index contributed by atoms with van der Waals surface area (Å²) in [5, 5.41) is 9.83. The van der Waals surface area contributed by atoms with E-state index in [1.54, 1.807) is 4.90 Å². The number of amides is 2. The fourth-order valence-electron chi connectivity index (χ4n) is 1.43. The molecule has 0 aromatic heterocycles. The number of hydrogen-bond acceptors (Lipinski definition) is 3. The third-order valence-corrected chi connectivity index (χ3v) is 2.18. The van der Waals surface area contributed by atoms with Crippen LogP contribution in [-0.4, -0.2) is 47.3 Å². The van der Waals surface area contributed by atoms with Gasteiger partial charge in [-0.05, 0) is 19.3 Å². The Morgan fingerprint density at radius 2 is 2.15 bits per heavy atom. The van der Waals surface area contributed by atoms with Crippen molar-refractivity contribution in [3.63, 3.8) is 0 Å². The lowest BCUT2D eigenvalue weighted by Gasteiger charge is -2.32. The third-order valence-electron chi connectivity index (χ3n) is 2.18. The lowest BCUT2D eigenvalue weighted by Crippen LogP contribution is -2.52. The number of carbonyl (C=O) groups excluding carboxylic acids is 1. The highest BCUT2D eigenvalue weighted by molar-refractivity contribution is 5.74. The largest absolute Gasteiger partial charge is 0.396 e. The standard InChI is InChI=1S/C8H17N3O2/c9-11-6-3-5-10(8(11)13)4-1-2-7-12/h12H,1-7,9H2.